The molecular formula is C21H21ClN2O3S. The third-order valence-electron chi connectivity index (χ3n) is 4.17. The van der Waals surface area contributed by atoms with Gasteiger partial charge in [-0.15, -0.1) is 11.3 Å². The van der Waals surface area contributed by atoms with Gasteiger partial charge < -0.3 is 14.4 Å². The maximum absolute atomic E-state index is 12.4. The van der Waals surface area contributed by atoms with Crippen LogP contribution in [0.2, 0.25) is 5.02 Å². The van der Waals surface area contributed by atoms with Crippen molar-refractivity contribution in [2.24, 2.45) is 0 Å². The SMILES string of the molecule is COc1ccc(OCCN(C)C(=O)Cc2csc(-c3ccccc3Cl)n2)cc1. The van der Waals surface area contributed by atoms with Crippen molar-refractivity contribution in [3.05, 3.63) is 64.6 Å². The van der Waals surface area contributed by atoms with Crippen molar-refractivity contribution in [3.8, 4) is 22.1 Å². The molecule has 3 rings (SSSR count). The Hall–Kier alpha value is -2.57. The first-order chi connectivity index (χ1) is 13.6. The topological polar surface area (TPSA) is 51.7 Å². The third-order valence-corrected chi connectivity index (χ3v) is 5.42. The predicted octanol–water partition coefficient (Wildman–Crippen LogP) is 4.55. The smallest absolute Gasteiger partial charge is 0.228 e. The van der Waals surface area contributed by atoms with Gasteiger partial charge in [-0.25, -0.2) is 4.98 Å². The number of ether oxygens (including phenoxy) is 2. The molecule has 0 atom stereocenters. The average molecular weight is 417 g/mol. The zero-order valence-electron chi connectivity index (χ0n) is 15.7. The second-order valence-electron chi connectivity index (χ2n) is 6.14. The van der Waals surface area contributed by atoms with Gasteiger partial charge in [-0.05, 0) is 30.3 Å². The summed E-state index contributed by atoms with van der Waals surface area (Å²) < 4.78 is 10.8. The molecule has 7 heteroatoms. The van der Waals surface area contributed by atoms with Crippen LogP contribution < -0.4 is 9.47 Å². The average Bonchev–Trinajstić information content (AvgIpc) is 3.17. The number of benzene rings is 2. The summed E-state index contributed by atoms with van der Waals surface area (Å²) in [4.78, 5) is 18.6. The first kappa shape index (κ1) is 20.2. The number of hydrogen-bond donors (Lipinski definition) is 0. The van der Waals surface area contributed by atoms with E-state index in [2.05, 4.69) is 4.98 Å². The van der Waals surface area contributed by atoms with Gasteiger partial charge in [0.1, 0.15) is 23.1 Å². The number of methoxy groups -OCH3 is 1. The summed E-state index contributed by atoms with van der Waals surface area (Å²) in [6, 6.07) is 14.9. The molecule has 0 aliphatic carbocycles. The van der Waals surface area contributed by atoms with Gasteiger partial charge in [-0.3, -0.25) is 4.79 Å². The van der Waals surface area contributed by atoms with E-state index in [9.17, 15) is 4.79 Å². The van der Waals surface area contributed by atoms with E-state index >= 15 is 0 Å². The van der Waals surface area contributed by atoms with Gasteiger partial charge in [0.05, 0.1) is 30.8 Å². The van der Waals surface area contributed by atoms with Gasteiger partial charge >= 0.3 is 0 Å². The molecular weight excluding hydrogens is 396 g/mol. The number of hydrogen-bond acceptors (Lipinski definition) is 5. The zero-order chi connectivity index (χ0) is 19.9. The predicted molar refractivity (Wildman–Crippen MR) is 112 cm³/mol. The number of nitrogens with zero attached hydrogens (tertiary/aromatic N) is 2. The fourth-order valence-electron chi connectivity index (χ4n) is 2.53. The van der Waals surface area contributed by atoms with E-state index in [0.29, 0.717) is 18.2 Å². The Kier molecular flexibility index (Phi) is 6.90. The number of rotatable bonds is 8. The maximum atomic E-state index is 12.4. The van der Waals surface area contributed by atoms with Crippen LogP contribution in [0.4, 0.5) is 0 Å². The molecule has 2 aromatic carbocycles. The minimum Gasteiger partial charge on any atom is -0.497 e. The molecule has 0 bridgehead atoms. The van der Waals surface area contributed by atoms with Crippen LogP contribution in [0.25, 0.3) is 10.6 Å². The molecule has 1 amide bonds. The van der Waals surface area contributed by atoms with E-state index < -0.39 is 0 Å². The van der Waals surface area contributed by atoms with E-state index in [4.69, 9.17) is 21.1 Å². The van der Waals surface area contributed by atoms with Crippen LogP contribution >= 0.6 is 22.9 Å². The summed E-state index contributed by atoms with van der Waals surface area (Å²) in [7, 11) is 3.39. The second-order valence-corrected chi connectivity index (χ2v) is 7.41. The van der Waals surface area contributed by atoms with Gasteiger partial charge in [-0.1, -0.05) is 29.8 Å². The lowest BCUT2D eigenvalue weighted by Crippen LogP contribution is -2.32. The summed E-state index contributed by atoms with van der Waals surface area (Å²) in [6.45, 7) is 0.906. The van der Waals surface area contributed by atoms with Crippen molar-refractivity contribution < 1.29 is 14.3 Å². The highest BCUT2D eigenvalue weighted by atomic mass is 35.5. The fraction of sp³-hybridized carbons (Fsp3) is 0.238. The highest BCUT2D eigenvalue weighted by molar-refractivity contribution is 7.13. The number of thiazole rings is 1. The summed E-state index contributed by atoms with van der Waals surface area (Å²) in [5, 5.41) is 3.37. The van der Waals surface area contributed by atoms with Gasteiger partial charge in [-0.2, -0.15) is 0 Å². The zero-order valence-corrected chi connectivity index (χ0v) is 17.3. The lowest BCUT2D eigenvalue weighted by Gasteiger charge is -2.17. The Morgan fingerprint density at radius 1 is 1.14 bits per heavy atom. The van der Waals surface area contributed by atoms with Crippen molar-refractivity contribution in [2.75, 3.05) is 27.3 Å². The highest BCUT2D eigenvalue weighted by Crippen LogP contribution is 2.30. The van der Waals surface area contributed by atoms with Crippen molar-refractivity contribution in [2.45, 2.75) is 6.42 Å². The quantitative estimate of drug-likeness (QED) is 0.540. The van der Waals surface area contributed by atoms with Gasteiger partial charge in [0.15, 0.2) is 0 Å². The molecule has 0 radical (unpaired) electrons. The Morgan fingerprint density at radius 2 is 1.86 bits per heavy atom. The number of likely N-dealkylation sites (N-methyl/N-ethyl adjacent to an activating group) is 1. The number of amides is 1. The number of halogens is 1. The van der Waals surface area contributed by atoms with E-state index in [1.54, 1.807) is 19.1 Å². The molecule has 28 heavy (non-hydrogen) atoms. The van der Waals surface area contributed by atoms with Crippen LogP contribution in [0, 0.1) is 0 Å². The molecule has 0 aliphatic rings. The highest BCUT2D eigenvalue weighted by Gasteiger charge is 2.14. The molecule has 0 saturated heterocycles. The summed E-state index contributed by atoms with van der Waals surface area (Å²) in [5.41, 5.74) is 1.63. The molecule has 5 nitrogen and oxygen atoms in total. The van der Waals surface area contributed by atoms with Gasteiger partial charge in [0, 0.05) is 18.0 Å². The maximum Gasteiger partial charge on any atom is 0.228 e. The van der Waals surface area contributed by atoms with Crippen LogP contribution in [0.5, 0.6) is 11.5 Å². The van der Waals surface area contributed by atoms with Crippen LogP contribution in [0.3, 0.4) is 0 Å². The molecule has 0 aliphatic heterocycles. The van der Waals surface area contributed by atoms with Gasteiger partial charge in [0.2, 0.25) is 5.91 Å². The molecule has 0 fully saturated rings. The number of carbonyl (C=O) groups excluding carboxylic acids is 1. The van der Waals surface area contributed by atoms with Gasteiger partial charge in [0.25, 0.3) is 0 Å². The Labute approximate surface area is 173 Å². The lowest BCUT2D eigenvalue weighted by atomic mass is 10.2. The van der Waals surface area contributed by atoms with Crippen molar-refractivity contribution in [1.29, 1.82) is 0 Å². The van der Waals surface area contributed by atoms with Crippen LogP contribution in [-0.4, -0.2) is 43.1 Å². The molecule has 0 saturated carbocycles. The Morgan fingerprint density at radius 3 is 2.57 bits per heavy atom. The number of carbonyl (C=O) groups is 1. The van der Waals surface area contributed by atoms with Crippen molar-refractivity contribution in [1.82, 2.24) is 9.88 Å². The molecule has 3 aromatic rings. The van der Waals surface area contributed by atoms with Crippen LogP contribution in [0.1, 0.15) is 5.69 Å². The van der Waals surface area contributed by atoms with E-state index in [-0.39, 0.29) is 12.3 Å². The van der Waals surface area contributed by atoms with E-state index in [1.807, 2.05) is 53.9 Å². The monoisotopic (exact) mass is 416 g/mol. The minimum atomic E-state index is -0.00524. The normalized spacial score (nSPS) is 10.5. The van der Waals surface area contributed by atoms with E-state index in [1.165, 1.54) is 11.3 Å². The first-order valence-electron chi connectivity index (χ1n) is 8.77. The fourth-order valence-corrected chi connectivity index (χ4v) is 3.67. The largest absolute Gasteiger partial charge is 0.497 e. The van der Waals surface area contributed by atoms with Crippen molar-refractivity contribution >= 4 is 28.8 Å². The molecule has 1 aromatic heterocycles. The molecule has 0 spiro atoms. The lowest BCUT2D eigenvalue weighted by molar-refractivity contribution is -0.129. The summed E-state index contributed by atoms with van der Waals surface area (Å²) >= 11 is 7.71. The standard InChI is InChI=1S/C21H21ClN2O3S/c1-24(11-12-27-17-9-7-16(26-2)8-10-17)20(25)13-15-14-28-21(23-15)18-5-3-4-6-19(18)22/h3-10,14H,11-13H2,1-2H3. The molecule has 146 valence electrons. The minimum absolute atomic E-state index is 0.00524. The third kappa shape index (κ3) is 5.24. The van der Waals surface area contributed by atoms with E-state index in [0.717, 1.165) is 27.8 Å². The second kappa shape index (κ2) is 9.57. The summed E-state index contributed by atoms with van der Waals surface area (Å²) in [5.74, 6) is 1.51. The Bertz CT molecular complexity index is 927. The molecule has 0 N–H and O–H groups in total. The Balaban J connectivity index is 1.49. The molecule has 1 heterocycles. The number of aromatic nitrogens is 1. The first-order valence-corrected chi connectivity index (χ1v) is 10.0. The van der Waals surface area contributed by atoms with Crippen molar-refractivity contribution in [3.63, 3.8) is 0 Å². The van der Waals surface area contributed by atoms with Crippen LogP contribution in [0.15, 0.2) is 53.9 Å². The summed E-state index contributed by atoms with van der Waals surface area (Å²) in [6.07, 6.45) is 0.250. The molecule has 0 unspecified atom stereocenters. The van der Waals surface area contributed by atoms with Crippen LogP contribution in [-0.2, 0) is 11.2 Å².